The molecule has 0 aliphatic heterocycles. The fourth-order valence-corrected chi connectivity index (χ4v) is 2.80. The number of rotatable bonds is 6. The number of allylic oxidation sites excluding steroid dienone is 1. The quantitative estimate of drug-likeness (QED) is 0.618. The van der Waals surface area contributed by atoms with Gasteiger partial charge in [0.25, 0.3) is 0 Å². The van der Waals surface area contributed by atoms with Gasteiger partial charge in [-0.1, -0.05) is 13.8 Å². The zero-order valence-corrected chi connectivity index (χ0v) is 16.4. The van der Waals surface area contributed by atoms with E-state index in [0.29, 0.717) is 16.8 Å². The Kier molecular flexibility index (Phi) is 5.72. The molecule has 152 valence electrons. The van der Waals surface area contributed by atoms with Crippen LogP contribution in [0.4, 0.5) is 13.2 Å². The number of imidazole rings is 1. The number of aryl methyl sites for hydroxylation is 1. The minimum Gasteiger partial charge on any atom is -0.404 e. The summed E-state index contributed by atoms with van der Waals surface area (Å²) in [5.41, 5.74) is 8.07. The number of pyridine rings is 2. The van der Waals surface area contributed by atoms with Crippen molar-refractivity contribution < 1.29 is 13.2 Å². The molecule has 5 nitrogen and oxygen atoms in total. The molecule has 3 aromatic rings. The number of nitrogens with two attached hydrogens (primary N) is 1. The third kappa shape index (κ3) is 4.47. The summed E-state index contributed by atoms with van der Waals surface area (Å²) in [7, 11) is 0. The summed E-state index contributed by atoms with van der Waals surface area (Å²) in [4.78, 5) is 12.8. The highest BCUT2D eigenvalue weighted by atomic mass is 19.3. The fourth-order valence-electron chi connectivity index (χ4n) is 2.80. The molecule has 0 saturated carbocycles. The Labute approximate surface area is 166 Å². The van der Waals surface area contributed by atoms with Gasteiger partial charge in [-0.25, -0.2) is 18.2 Å². The first kappa shape index (κ1) is 20.6. The maximum atomic E-state index is 13.9. The van der Waals surface area contributed by atoms with E-state index in [1.54, 1.807) is 0 Å². The van der Waals surface area contributed by atoms with E-state index in [-0.39, 0.29) is 6.54 Å². The molecule has 3 heterocycles. The van der Waals surface area contributed by atoms with Crippen molar-refractivity contribution in [1.82, 2.24) is 14.4 Å². The second-order valence-electron chi connectivity index (χ2n) is 7.49. The predicted octanol–water partition coefficient (Wildman–Crippen LogP) is 4.51. The SMILES string of the molecule is Cc1cn2ccc(-c3ncc(F)cc3C(C=NCC(C)(C)C(F)F)=CN)cc2n1. The van der Waals surface area contributed by atoms with Crippen molar-refractivity contribution in [3.05, 3.63) is 60.1 Å². The van der Waals surface area contributed by atoms with Crippen molar-refractivity contribution in [2.45, 2.75) is 27.2 Å². The number of hydrogen-bond acceptors (Lipinski definition) is 4. The fraction of sp³-hybridized carbons (Fsp3) is 0.286. The van der Waals surface area contributed by atoms with Gasteiger partial charge >= 0.3 is 0 Å². The Balaban J connectivity index is 2.00. The summed E-state index contributed by atoms with van der Waals surface area (Å²) in [5, 5.41) is 0. The van der Waals surface area contributed by atoms with E-state index in [1.807, 2.05) is 35.9 Å². The molecule has 3 rings (SSSR count). The molecule has 0 saturated heterocycles. The zero-order chi connectivity index (χ0) is 21.2. The van der Waals surface area contributed by atoms with Crippen molar-refractivity contribution in [2.75, 3.05) is 6.54 Å². The summed E-state index contributed by atoms with van der Waals surface area (Å²) in [6, 6.07) is 4.97. The molecule has 0 aromatic carbocycles. The minimum atomic E-state index is -2.51. The lowest BCUT2D eigenvalue weighted by Crippen LogP contribution is -2.25. The van der Waals surface area contributed by atoms with Crippen molar-refractivity contribution >= 4 is 17.4 Å². The van der Waals surface area contributed by atoms with Crippen molar-refractivity contribution in [2.24, 2.45) is 16.1 Å². The molecule has 2 N–H and O–H groups in total. The molecule has 8 heteroatoms. The normalized spacial score (nSPS) is 13.1. The van der Waals surface area contributed by atoms with Crippen LogP contribution in [0.15, 0.2) is 48.0 Å². The van der Waals surface area contributed by atoms with Crippen LogP contribution in [0.25, 0.3) is 22.5 Å². The van der Waals surface area contributed by atoms with Gasteiger partial charge in [0.1, 0.15) is 11.5 Å². The number of hydrogen-bond donors (Lipinski definition) is 1. The molecular weight excluding hydrogens is 379 g/mol. The van der Waals surface area contributed by atoms with Crippen LogP contribution in [0.3, 0.4) is 0 Å². The van der Waals surface area contributed by atoms with Crippen molar-refractivity contribution in [3.63, 3.8) is 0 Å². The maximum Gasteiger partial charge on any atom is 0.245 e. The topological polar surface area (TPSA) is 68.6 Å². The van der Waals surface area contributed by atoms with E-state index in [0.717, 1.165) is 23.1 Å². The summed E-state index contributed by atoms with van der Waals surface area (Å²) < 4.78 is 41.9. The van der Waals surface area contributed by atoms with Gasteiger partial charge in [-0.2, -0.15) is 0 Å². The molecule has 0 amide bonds. The molecule has 29 heavy (non-hydrogen) atoms. The van der Waals surface area contributed by atoms with Crippen LogP contribution in [0.2, 0.25) is 0 Å². The number of aliphatic imine (C=N–C) groups is 1. The number of halogens is 3. The molecule has 3 aromatic heterocycles. The number of aromatic nitrogens is 3. The van der Waals surface area contributed by atoms with Crippen LogP contribution in [0.5, 0.6) is 0 Å². The van der Waals surface area contributed by atoms with Crippen LogP contribution in [-0.4, -0.2) is 33.6 Å². The Morgan fingerprint density at radius 3 is 2.79 bits per heavy atom. The van der Waals surface area contributed by atoms with E-state index in [4.69, 9.17) is 5.73 Å². The van der Waals surface area contributed by atoms with E-state index < -0.39 is 17.7 Å². The molecule has 0 fully saturated rings. The average molecular weight is 401 g/mol. The molecule has 0 radical (unpaired) electrons. The van der Waals surface area contributed by atoms with Crippen molar-refractivity contribution in [3.8, 4) is 11.3 Å². The molecule has 0 atom stereocenters. The number of nitrogens with zero attached hydrogens (tertiary/aromatic N) is 4. The van der Waals surface area contributed by atoms with Gasteiger partial charge in [0, 0.05) is 53.5 Å². The first-order valence-electron chi connectivity index (χ1n) is 9.03. The second kappa shape index (κ2) is 8.06. The van der Waals surface area contributed by atoms with Gasteiger partial charge in [0.15, 0.2) is 0 Å². The third-order valence-corrected chi connectivity index (χ3v) is 4.52. The average Bonchev–Trinajstić information content (AvgIpc) is 3.04. The highest BCUT2D eigenvalue weighted by Crippen LogP contribution is 2.29. The minimum absolute atomic E-state index is 0.0978. The van der Waals surface area contributed by atoms with E-state index in [2.05, 4.69) is 15.0 Å². The lowest BCUT2D eigenvalue weighted by atomic mass is 9.94. The van der Waals surface area contributed by atoms with Gasteiger partial charge in [-0.15, -0.1) is 0 Å². The summed E-state index contributed by atoms with van der Waals surface area (Å²) in [5.74, 6) is -0.540. The molecule has 0 aliphatic carbocycles. The summed E-state index contributed by atoms with van der Waals surface area (Å²) in [6.45, 7) is 4.65. The lowest BCUT2D eigenvalue weighted by molar-refractivity contribution is 0.0263. The zero-order valence-electron chi connectivity index (χ0n) is 16.4. The Morgan fingerprint density at radius 2 is 2.10 bits per heavy atom. The van der Waals surface area contributed by atoms with E-state index >= 15 is 0 Å². The highest BCUT2D eigenvalue weighted by molar-refractivity contribution is 6.11. The van der Waals surface area contributed by atoms with Gasteiger partial charge in [0.2, 0.25) is 6.43 Å². The monoisotopic (exact) mass is 401 g/mol. The second-order valence-corrected chi connectivity index (χ2v) is 7.49. The predicted molar refractivity (Wildman–Crippen MR) is 108 cm³/mol. The molecular formula is C21H22F3N5. The molecule has 0 aliphatic rings. The van der Waals surface area contributed by atoms with Gasteiger partial charge < -0.3 is 10.1 Å². The highest BCUT2D eigenvalue weighted by Gasteiger charge is 2.28. The first-order valence-corrected chi connectivity index (χ1v) is 9.03. The van der Waals surface area contributed by atoms with Crippen LogP contribution >= 0.6 is 0 Å². The van der Waals surface area contributed by atoms with Crippen LogP contribution < -0.4 is 5.73 Å². The largest absolute Gasteiger partial charge is 0.404 e. The Morgan fingerprint density at radius 1 is 1.34 bits per heavy atom. The van der Waals surface area contributed by atoms with Crippen molar-refractivity contribution in [1.29, 1.82) is 0 Å². The van der Waals surface area contributed by atoms with Gasteiger partial charge in [0.05, 0.1) is 17.6 Å². The lowest BCUT2D eigenvalue weighted by Gasteiger charge is -2.20. The van der Waals surface area contributed by atoms with Crippen LogP contribution in [-0.2, 0) is 0 Å². The Hall–Kier alpha value is -3.16. The number of alkyl halides is 2. The van der Waals surface area contributed by atoms with Crippen LogP contribution in [0.1, 0.15) is 25.1 Å². The van der Waals surface area contributed by atoms with Gasteiger partial charge in [-0.05, 0) is 25.1 Å². The smallest absolute Gasteiger partial charge is 0.245 e. The summed E-state index contributed by atoms with van der Waals surface area (Å²) >= 11 is 0. The van der Waals surface area contributed by atoms with E-state index in [1.165, 1.54) is 32.3 Å². The van der Waals surface area contributed by atoms with Gasteiger partial charge in [-0.3, -0.25) is 9.98 Å². The third-order valence-electron chi connectivity index (χ3n) is 4.52. The number of fused-ring (bicyclic) bond motifs is 1. The van der Waals surface area contributed by atoms with E-state index in [9.17, 15) is 13.2 Å². The molecule has 0 unspecified atom stereocenters. The Bertz CT molecular complexity index is 1080. The molecule has 0 bridgehead atoms. The first-order chi connectivity index (χ1) is 13.7. The standard InChI is InChI=1S/C21H22F3N5/c1-13-11-29-5-4-14(6-18(29)28-13)19-17(7-16(22)10-27-19)15(8-25)9-26-12-21(2,3)20(23)24/h4-11,20H,12,25H2,1-3H3. The molecule has 0 spiro atoms. The maximum absolute atomic E-state index is 13.9. The van der Waals surface area contributed by atoms with Crippen LogP contribution in [0, 0.1) is 18.2 Å². The summed E-state index contributed by atoms with van der Waals surface area (Å²) in [6.07, 6.45) is 4.97.